The van der Waals surface area contributed by atoms with Crippen molar-refractivity contribution >= 4 is 46.3 Å². The van der Waals surface area contributed by atoms with E-state index in [9.17, 15) is 9.59 Å². The maximum absolute atomic E-state index is 12.4. The fourth-order valence-electron chi connectivity index (χ4n) is 2.58. The molecule has 0 bridgehead atoms. The fraction of sp³-hybridized carbons (Fsp3) is 0.312. The third-order valence-electron chi connectivity index (χ3n) is 3.64. The second-order valence-corrected chi connectivity index (χ2v) is 7.15. The van der Waals surface area contributed by atoms with Gasteiger partial charge in [0.05, 0.1) is 11.3 Å². The summed E-state index contributed by atoms with van der Waals surface area (Å²) in [6.45, 7) is 2.13. The summed E-state index contributed by atoms with van der Waals surface area (Å²) in [7, 11) is 0. The number of thioether (sulfide) groups is 1. The Hall–Kier alpha value is -1.86. The lowest BCUT2D eigenvalue weighted by molar-refractivity contribution is -0.137. The minimum Gasteiger partial charge on any atom is -0.490 e. The molecule has 2 aliphatic heterocycles. The number of fused-ring (bicyclic) bond motifs is 1. The topological polar surface area (TPSA) is 66.8 Å². The Labute approximate surface area is 143 Å². The number of aliphatic carboxylic acids is 1. The summed E-state index contributed by atoms with van der Waals surface area (Å²) in [5.74, 6) is -0.286. The first kappa shape index (κ1) is 16.0. The van der Waals surface area contributed by atoms with Gasteiger partial charge in [-0.2, -0.15) is 0 Å². The van der Waals surface area contributed by atoms with Crippen molar-refractivity contribution in [3.63, 3.8) is 0 Å². The number of thiocarbonyl (C=S) groups is 1. The van der Waals surface area contributed by atoms with Crippen molar-refractivity contribution in [3.05, 3.63) is 34.2 Å². The number of ether oxygens (including phenoxy) is 1. The normalized spacial score (nSPS) is 21.7. The average molecular weight is 349 g/mol. The van der Waals surface area contributed by atoms with Crippen LogP contribution in [0, 0.1) is 0 Å². The molecule has 1 aromatic rings. The number of hydrogen-bond donors (Lipinski definition) is 1. The lowest BCUT2D eigenvalue weighted by Gasteiger charge is -2.12. The van der Waals surface area contributed by atoms with Gasteiger partial charge in [0.15, 0.2) is 0 Å². The van der Waals surface area contributed by atoms with E-state index in [2.05, 4.69) is 0 Å². The predicted molar refractivity (Wildman–Crippen MR) is 92.4 cm³/mol. The molecule has 23 heavy (non-hydrogen) atoms. The monoisotopic (exact) mass is 349 g/mol. The highest BCUT2D eigenvalue weighted by Gasteiger charge is 2.32. The number of carboxylic acids is 1. The predicted octanol–water partition coefficient (Wildman–Crippen LogP) is 2.69. The smallest absolute Gasteiger partial charge is 0.305 e. The summed E-state index contributed by atoms with van der Waals surface area (Å²) in [5.41, 5.74) is 2.05. The molecule has 1 saturated heterocycles. The molecule has 1 amide bonds. The summed E-state index contributed by atoms with van der Waals surface area (Å²) in [5, 5.41) is 8.74. The molecule has 1 aromatic carbocycles. The van der Waals surface area contributed by atoms with Crippen LogP contribution in [-0.4, -0.2) is 38.9 Å². The first-order valence-corrected chi connectivity index (χ1v) is 8.43. The van der Waals surface area contributed by atoms with E-state index < -0.39 is 5.97 Å². The Morgan fingerprint density at radius 3 is 3.09 bits per heavy atom. The molecule has 2 heterocycles. The van der Waals surface area contributed by atoms with Gasteiger partial charge in [0.25, 0.3) is 5.91 Å². The standard InChI is InChI=1S/C16H15NO4S2/c1-9-6-11-7-10(2-3-12(11)21-9)8-13-15(20)17(16(22)23-13)5-4-14(18)19/h2-3,7-9H,4-6H2,1H3,(H,18,19)/b13-8-/t9-/m1/s1. The van der Waals surface area contributed by atoms with Crippen molar-refractivity contribution in [1.29, 1.82) is 0 Å². The zero-order chi connectivity index (χ0) is 16.6. The van der Waals surface area contributed by atoms with Crippen LogP contribution in [0.4, 0.5) is 0 Å². The molecule has 1 fully saturated rings. The van der Waals surface area contributed by atoms with Crippen molar-refractivity contribution in [2.24, 2.45) is 0 Å². The van der Waals surface area contributed by atoms with Gasteiger partial charge >= 0.3 is 5.97 Å². The Kier molecular flexibility index (Phi) is 4.41. The molecule has 0 unspecified atom stereocenters. The molecular weight excluding hydrogens is 334 g/mol. The number of amides is 1. The Bertz CT molecular complexity index is 729. The molecule has 1 N–H and O–H groups in total. The van der Waals surface area contributed by atoms with Crippen LogP contribution >= 0.6 is 24.0 Å². The van der Waals surface area contributed by atoms with E-state index >= 15 is 0 Å². The van der Waals surface area contributed by atoms with Crippen LogP contribution in [0.3, 0.4) is 0 Å². The summed E-state index contributed by atoms with van der Waals surface area (Å²) >= 11 is 6.38. The van der Waals surface area contributed by atoms with Gasteiger partial charge in [-0.25, -0.2) is 0 Å². The van der Waals surface area contributed by atoms with E-state index in [0.29, 0.717) is 9.23 Å². The first-order chi connectivity index (χ1) is 10.9. The van der Waals surface area contributed by atoms with Crippen LogP contribution in [0.1, 0.15) is 24.5 Å². The second kappa shape index (κ2) is 6.33. The van der Waals surface area contributed by atoms with Crippen LogP contribution in [0.15, 0.2) is 23.1 Å². The molecule has 0 spiro atoms. The van der Waals surface area contributed by atoms with Crippen LogP contribution < -0.4 is 4.74 Å². The zero-order valence-corrected chi connectivity index (χ0v) is 14.1. The van der Waals surface area contributed by atoms with E-state index in [1.54, 1.807) is 6.08 Å². The molecule has 3 rings (SSSR count). The fourth-order valence-corrected chi connectivity index (χ4v) is 3.89. The van der Waals surface area contributed by atoms with Gasteiger partial charge in [0.1, 0.15) is 16.2 Å². The molecule has 0 aromatic heterocycles. The van der Waals surface area contributed by atoms with E-state index in [1.165, 1.54) is 16.7 Å². The van der Waals surface area contributed by atoms with Gasteiger partial charge in [0, 0.05) is 13.0 Å². The van der Waals surface area contributed by atoms with Crippen molar-refractivity contribution in [2.45, 2.75) is 25.9 Å². The van der Waals surface area contributed by atoms with Crippen molar-refractivity contribution < 1.29 is 19.4 Å². The highest BCUT2D eigenvalue weighted by atomic mass is 32.2. The van der Waals surface area contributed by atoms with Gasteiger partial charge in [-0.15, -0.1) is 0 Å². The highest BCUT2D eigenvalue weighted by molar-refractivity contribution is 8.26. The minimum atomic E-state index is -0.948. The highest BCUT2D eigenvalue weighted by Crippen LogP contribution is 2.34. The lowest BCUT2D eigenvalue weighted by Crippen LogP contribution is -2.30. The molecule has 0 saturated carbocycles. The van der Waals surface area contributed by atoms with Gasteiger partial charge in [-0.1, -0.05) is 30.0 Å². The summed E-state index contributed by atoms with van der Waals surface area (Å²) in [6, 6.07) is 5.83. The minimum absolute atomic E-state index is 0.104. The van der Waals surface area contributed by atoms with Crippen LogP contribution in [0.2, 0.25) is 0 Å². The van der Waals surface area contributed by atoms with E-state index in [0.717, 1.165) is 23.3 Å². The molecule has 1 atom stereocenters. The molecule has 120 valence electrons. The average Bonchev–Trinajstić information content (AvgIpc) is 2.96. The second-order valence-electron chi connectivity index (χ2n) is 5.48. The SMILES string of the molecule is C[C@@H]1Cc2cc(/C=C3\SC(=S)N(CCC(=O)O)C3=O)ccc2O1. The third-order valence-corrected chi connectivity index (χ3v) is 5.02. The maximum Gasteiger partial charge on any atom is 0.305 e. The lowest BCUT2D eigenvalue weighted by atomic mass is 10.1. The van der Waals surface area contributed by atoms with Crippen LogP contribution in [-0.2, 0) is 16.0 Å². The molecule has 7 heteroatoms. The third kappa shape index (κ3) is 3.40. The maximum atomic E-state index is 12.4. The Morgan fingerprint density at radius 1 is 1.57 bits per heavy atom. The van der Waals surface area contributed by atoms with Crippen molar-refractivity contribution in [3.8, 4) is 5.75 Å². The number of carbonyl (C=O) groups is 2. The number of carbonyl (C=O) groups excluding carboxylic acids is 1. The summed E-state index contributed by atoms with van der Waals surface area (Å²) < 4.78 is 6.07. The van der Waals surface area contributed by atoms with E-state index in [-0.39, 0.29) is 25.0 Å². The summed E-state index contributed by atoms with van der Waals surface area (Å²) in [4.78, 5) is 24.9. The van der Waals surface area contributed by atoms with Crippen LogP contribution in [0.25, 0.3) is 6.08 Å². The van der Waals surface area contributed by atoms with Crippen molar-refractivity contribution in [1.82, 2.24) is 4.90 Å². The molecule has 2 aliphatic rings. The largest absolute Gasteiger partial charge is 0.490 e. The number of carboxylic acid groups (broad SMARTS) is 1. The Morgan fingerprint density at radius 2 is 2.35 bits per heavy atom. The quantitative estimate of drug-likeness (QED) is 0.666. The van der Waals surface area contributed by atoms with Gasteiger partial charge < -0.3 is 9.84 Å². The number of nitrogens with zero attached hydrogens (tertiary/aromatic N) is 1. The number of hydrogen-bond acceptors (Lipinski definition) is 5. The van der Waals surface area contributed by atoms with Gasteiger partial charge in [0.2, 0.25) is 0 Å². The van der Waals surface area contributed by atoms with E-state index in [1.807, 2.05) is 25.1 Å². The van der Waals surface area contributed by atoms with Gasteiger partial charge in [-0.05, 0) is 36.3 Å². The van der Waals surface area contributed by atoms with E-state index in [4.69, 9.17) is 22.1 Å². The van der Waals surface area contributed by atoms with Gasteiger partial charge in [-0.3, -0.25) is 14.5 Å². The number of rotatable bonds is 4. The molecule has 0 aliphatic carbocycles. The molecule has 5 nitrogen and oxygen atoms in total. The zero-order valence-electron chi connectivity index (χ0n) is 12.4. The molecular formula is C16H15NO4S2. The van der Waals surface area contributed by atoms with Crippen molar-refractivity contribution in [2.75, 3.05) is 6.54 Å². The Balaban J connectivity index is 1.78. The first-order valence-electron chi connectivity index (χ1n) is 7.21. The van der Waals surface area contributed by atoms with Crippen LogP contribution in [0.5, 0.6) is 5.75 Å². The molecule has 0 radical (unpaired) electrons. The number of benzene rings is 1. The summed E-state index contributed by atoms with van der Waals surface area (Å²) in [6.07, 6.45) is 2.71.